The number of benzene rings is 2. The Hall–Kier alpha value is -2.33. The van der Waals surface area contributed by atoms with E-state index in [1.54, 1.807) is 0 Å². The van der Waals surface area contributed by atoms with Gasteiger partial charge >= 0.3 is 0 Å². The Labute approximate surface area is 103 Å². The number of fused-ring (bicyclic) bond motifs is 3. The van der Waals surface area contributed by atoms with Gasteiger partial charge in [-0.25, -0.2) is 0 Å². The molecule has 1 unspecified atom stereocenters. The fourth-order valence-electron chi connectivity index (χ4n) is 2.01. The van der Waals surface area contributed by atoms with Crippen molar-refractivity contribution in [3.05, 3.63) is 48.0 Å². The first kappa shape index (κ1) is 10.8. The maximum atomic E-state index is 10.9. The monoisotopic (exact) mass is 241 g/mol. The molecule has 1 aliphatic rings. The predicted molar refractivity (Wildman–Crippen MR) is 63.6 cm³/mol. The van der Waals surface area contributed by atoms with Crippen molar-refractivity contribution in [3.8, 4) is 5.75 Å². The maximum Gasteiger partial charge on any atom is 0.269 e. The Kier molecular flexibility index (Phi) is 2.15. The lowest BCUT2D eigenvalue weighted by atomic mass is 10.0. The molecule has 0 fully saturated rings. The molecule has 0 radical (unpaired) electrons. The lowest BCUT2D eigenvalue weighted by molar-refractivity contribution is -0.335. The average Bonchev–Trinajstić information content (AvgIpc) is 2.38. The summed E-state index contributed by atoms with van der Waals surface area (Å²) in [6.45, 7) is 0. The van der Waals surface area contributed by atoms with Crippen LogP contribution in [0.15, 0.2) is 42.5 Å². The van der Waals surface area contributed by atoms with Crippen LogP contribution < -0.4 is 9.84 Å². The van der Waals surface area contributed by atoms with Crippen LogP contribution in [0.3, 0.4) is 0 Å². The highest BCUT2D eigenvalue weighted by Crippen LogP contribution is 2.36. The van der Waals surface area contributed by atoms with E-state index in [1.807, 2.05) is 36.4 Å². The van der Waals surface area contributed by atoms with Gasteiger partial charge in [-0.05, 0) is 17.5 Å². The lowest BCUT2D eigenvalue weighted by Crippen LogP contribution is -2.52. The molecule has 0 amide bonds. The van der Waals surface area contributed by atoms with Crippen LogP contribution in [0.5, 0.6) is 5.75 Å². The second kappa shape index (κ2) is 3.58. The van der Waals surface area contributed by atoms with Gasteiger partial charge in [-0.2, -0.15) is 0 Å². The molecule has 4 nitrogen and oxygen atoms in total. The van der Waals surface area contributed by atoms with E-state index in [-0.39, 0.29) is 0 Å². The summed E-state index contributed by atoms with van der Waals surface area (Å²) in [6, 6.07) is 11.1. The Bertz CT molecular complexity index is 675. The molecule has 0 spiro atoms. The summed E-state index contributed by atoms with van der Waals surface area (Å²) in [4.78, 5) is 10.9. The molecule has 4 heteroatoms. The molecule has 1 N–H and O–H groups in total. The summed E-state index contributed by atoms with van der Waals surface area (Å²) in [6.07, 6.45) is 2.58. The third-order valence-corrected chi connectivity index (χ3v) is 2.95. The van der Waals surface area contributed by atoms with Crippen molar-refractivity contribution in [1.82, 2.24) is 0 Å². The summed E-state index contributed by atoms with van der Waals surface area (Å²) in [7, 11) is 0. The topological polar surface area (TPSA) is 69.6 Å². The Morgan fingerprint density at radius 2 is 2.00 bits per heavy atom. The molecule has 2 aromatic carbocycles. The fourth-order valence-corrected chi connectivity index (χ4v) is 2.01. The minimum absolute atomic E-state index is 0.349. The summed E-state index contributed by atoms with van der Waals surface area (Å²) >= 11 is 0. The number of carbonyl (C=O) groups excluding carboxylic acids is 1. The highest BCUT2D eigenvalue weighted by molar-refractivity contribution is 5.93. The molecule has 0 saturated heterocycles. The van der Waals surface area contributed by atoms with E-state index < -0.39 is 11.8 Å². The smallest absolute Gasteiger partial charge is 0.269 e. The minimum atomic E-state index is -2.41. The predicted octanol–water partition coefficient (Wildman–Crippen LogP) is 0.684. The van der Waals surface area contributed by atoms with E-state index in [2.05, 4.69) is 0 Å². The van der Waals surface area contributed by atoms with Crippen molar-refractivity contribution < 1.29 is 19.7 Å². The number of ether oxygens (including phenoxy) is 1. The molecular formula is C14H9O4-. The SMILES string of the molecule is O=C([O-])C1(O)C=Cc2ccc3ccccc3c2O1. The lowest BCUT2D eigenvalue weighted by Gasteiger charge is -2.31. The zero-order valence-electron chi connectivity index (χ0n) is 9.29. The average molecular weight is 241 g/mol. The quantitative estimate of drug-likeness (QED) is 0.797. The van der Waals surface area contributed by atoms with Crippen molar-refractivity contribution in [2.45, 2.75) is 5.79 Å². The van der Waals surface area contributed by atoms with Crippen molar-refractivity contribution in [3.63, 3.8) is 0 Å². The van der Waals surface area contributed by atoms with E-state index in [0.717, 1.165) is 22.4 Å². The summed E-state index contributed by atoms with van der Waals surface area (Å²) < 4.78 is 5.20. The number of carboxylic acid groups (broad SMARTS) is 1. The first-order chi connectivity index (χ1) is 8.60. The number of carbonyl (C=O) groups is 1. The van der Waals surface area contributed by atoms with Crippen LogP contribution in [0.25, 0.3) is 16.8 Å². The molecule has 0 saturated carbocycles. The molecule has 0 aromatic heterocycles. The van der Waals surface area contributed by atoms with Crippen LogP contribution in [0.4, 0.5) is 0 Å². The van der Waals surface area contributed by atoms with Gasteiger partial charge in [0.25, 0.3) is 5.79 Å². The summed E-state index contributed by atoms with van der Waals surface area (Å²) in [5.41, 5.74) is 0.722. The summed E-state index contributed by atoms with van der Waals surface area (Å²) in [5.74, 6) is -3.74. The standard InChI is InChI=1S/C14H10O4/c15-13(16)14(17)8-7-10-6-5-9-3-1-2-4-11(9)12(10)18-14/h1-8,17H,(H,15,16)/p-1. The third kappa shape index (κ3) is 1.47. The molecular weight excluding hydrogens is 232 g/mol. The Morgan fingerprint density at radius 3 is 2.78 bits per heavy atom. The van der Waals surface area contributed by atoms with Gasteiger partial charge in [0.15, 0.2) is 0 Å². The molecule has 3 rings (SSSR count). The molecule has 0 bridgehead atoms. The van der Waals surface area contributed by atoms with E-state index in [9.17, 15) is 15.0 Å². The fraction of sp³-hybridized carbons (Fsp3) is 0.0714. The second-order valence-electron chi connectivity index (χ2n) is 4.12. The minimum Gasteiger partial charge on any atom is -0.543 e. The van der Waals surface area contributed by atoms with E-state index in [0.29, 0.717) is 5.75 Å². The molecule has 2 aromatic rings. The van der Waals surface area contributed by atoms with Crippen LogP contribution in [0.2, 0.25) is 0 Å². The number of aliphatic carboxylic acids is 1. The van der Waals surface area contributed by atoms with E-state index in [1.165, 1.54) is 6.08 Å². The number of hydrogen-bond acceptors (Lipinski definition) is 4. The number of carboxylic acids is 1. The van der Waals surface area contributed by atoms with Gasteiger partial charge in [-0.3, -0.25) is 0 Å². The molecule has 1 heterocycles. The maximum absolute atomic E-state index is 10.9. The summed E-state index contributed by atoms with van der Waals surface area (Å²) in [5, 5.41) is 22.3. The third-order valence-electron chi connectivity index (χ3n) is 2.95. The second-order valence-corrected chi connectivity index (χ2v) is 4.12. The first-order valence-electron chi connectivity index (χ1n) is 5.44. The Morgan fingerprint density at radius 1 is 1.22 bits per heavy atom. The zero-order valence-corrected chi connectivity index (χ0v) is 9.29. The van der Waals surface area contributed by atoms with Crippen molar-refractivity contribution in [1.29, 1.82) is 0 Å². The molecule has 0 aliphatic carbocycles. The Balaban J connectivity index is 2.24. The number of rotatable bonds is 1. The first-order valence-corrected chi connectivity index (χ1v) is 5.44. The highest BCUT2D eigenvalue weighted by Gasteiger charge is 2.32. The van der Waals surface area contributed by atoms with E-state index >= 15 is 0 Å². The van der Waals surface area contributed by atoms with Gasteiger partial charge in [-0.15, -0.1) is 0 Å². The van der Waals surface area contributed by atoms with Gasteiger partial charge in [0, 0.05) is 10.9 Å². The number of aliphatic hydroxyl groups is 1. The normalized spacial score (nSPS) is 21.4. The molecule has 18 heavy (non-hydrogen) atoms. The van der Waals surface area contributed by atoms with Crippen LogP contribution in [0.1, 0.15) is 5.56 Å². The number of hydrogen-bond donors (Lipinski definition) is 1. The highest BCUT2D eigenvalue weighted by atomic mass is 16.6. The van der Waals surface area contributed by atoms with Crippen LogP contribution in [-0.4, -0.2) is 16.9 Å². The van der Waals surface area contributed by atoms with Gasteiger partial charge in [0.05, 0.1) is 0 Å². The van der Waals surface area contributed by atoms with Gasteiger partial charge in [0.1, 0.15) is 11.7 Å². The van der Waals surface area contributed by atoms with Crippen molar-refractivity contribution in [2.24, 2.45) is 0 Å². The molecule has 90 valence electrons. The van der Waals surface area contributed by atoms with Crippen LogP contribution in [-0.2, 0) is 4.79 Å². The van der Waals surface area contributed by atoms with Crippen molar-refractivity contribution in [2.75, 3.05) is 0 Å². The van der Waals surface area contributed by atoms with Gasteiger partial charge in [-0.1, -0.05) is 36.4 Å². The largest absolute Gasteiger partial charge is 0.543 e. The van der Waals surface area contributed by atoms with Crippen LogP contribution in [0, 0.1) is 0 Å². The van der Waals surface area contributed by atoms with Gasteiger partial charge < -0.3 is 19.7 Å². The molecule has 1 aliphatic heterocycles. The zero-order chi connectivity index (χ0) is 12.8. The van der Waals surface area contributed by atoms with E-state index in [4.69, 9.17) is 4.74 Å². The molecule has 1 atom stereocenters. The van der Waals surface area contributed by atoms with Crippen molar-refractivity contribution >= 4 is 22.8 Å². The van der Waals surface area contributed by atoms with Gasteiger partial charge in [0.2, 0.25) is 0 Å². The van der Waals surface area contributed by atoms with Crippen LogP contribution >= 0.6 is 0 Å².